The maximum atomic E-state index is 13.4. The Kier molecular flexibility index (Phi) is 8.44. The van der Waals surface area contributed by atoms with Crippen LogP contribution in [0.1, 0.15) is 21.7 Å². The van der Waals surface area contributed by atoms with Crippen LogP contribution in [0.3, 0.4) is 0 Å². The number of ether oxygens (including phenoxy) is 3. The average Bonchev–Trinajstić information content (AvgIpc) is 2.98. The van der Waals surface area contributed by atoms with Crippen LogP contribution >= 0.6 is 0 Å². The van der Waals surface area contributed by atoms with Crippen molar-refractivity contribution < 1.29 is 33.3 Å². The number of aliphatic hydroxyl groups excluding tert-OH is 1. The van der Waals surface area contributed by atoms with Crippen molar-refractivity contribution in [2.75, 3.05) is 39.4 Å². The zero-order valence-electron chi connectivity index (χ0n) is 22.1. The van der Waals surface area contributed by atoms with Crippen LogP contribution in [0.25, 0.3) is 11.0 Å². The molecule has 0 aliphatic carbocycles. The summed E-state index contributed by atoms with van der Waals surface area (Å²) in [5.74, 6) is -0.873. The topological polar surface area (TPSA) is 140 Å². The van der Waals surface area contributed by atoms with Crippen molar-refractivity contribution in [3.63, 3.8) is 0 Å². The van der Waals surface area contributed by atoms with Gasteiger partial charge < -0.3 is 34.4 Å². The van der Waals surface area contributed by atoms with Crippen molar-refractivity contribution in [3.05, 3.63) is 82.1 Å². The highest BCUT2D eigenvalue weighted by atomic mass is 16.5. The van der Waals surface area contributed by atoms with E-state index < -0.39 is 29.4 Å². The average molecular weight is 550 g/mol. The normalized spacial score (nSPS) is 16.4. The number of nitrogens with one attached hydrogen (secondary N) is 2. The third-order valence-electron chi connectivity index (χ3n) is 6.93. The van der Waals surface area contributed by atoms with Crippen molar-refractivity contribution in [3.8, 4) is 11.5 Å². The zero-order chi connectivity index (χ0) is 28.1. The number of hydrogen-bond acceptors (Lipinski definition) is 9. The minimum Gasteiger partial charge on any atom is -0.458 e. The number of rotatable bonds is 9. The van der Waals surface area contributed by atoms with E-state index in [1.165, 1.54) is 31.6 Å². The minimum atomic E-state index is -1.55. The van der Waals surface area contributed by atoms with Gasteiger partial charge in [0.2, 0.25) is 0 Å². The Balaban J connectivity index is 1.35. The second kappa shape index (κ2) is 12.3. The minimum absolute atomic E-state index is 0.0835. The summed E-state index contributed by atoms with van der Waals surface area (Å²) in [6.07, 6.45) is 1.31. The van der Waals surface area contributed by atoms with E-state index in [0.29, 0.717) is 37.8 Å². The molecule has 1 fully saturated rings. The van der Waals surface area contributed by atoms with Crippen molar-refractivity contribution in [2.45, 2.75) is 25.5 Å². The van der Waals surface area contributed by atoms with Crippen molar-refractivity contribution in [1.82, 2.24) is 15.5 Å². The van der Waals surface area contributed by atoms with Gasteiger partial charge >= 0.3 is 0 Å². The van der Waals surface area contributed by atoms with Crippen LogP contribution in [0.5, 0.6) is 11.5 Å². The van der Waals surface area contributed by atoms with E-state index in [4.69, 9.17) is 18.6 Å². The maximum absolute atomic E-state index is 13.4. The Bertz CT molecular complexity index is 1460. The van der Waals surface area contributed by atoms with Crippen molar-refractivity contribution in [1.29, 1.82) is 0 Å². The highest BCUT2D eigenvalue weighted by molar-refractivity contribution is 5.96. The van der Waals surface area contributed by atoms with E-state index in [1.54, 1.807) is 0 Å². The number of aliphatic hydroxyl groups is 1. The van der Waals surface area contributed by atoms with Crippen LogP contribution in [-0.4, -0.2) is 73.4 Å². The van der Waals surface area contributed by atoms with Gasteiger partial charge in [-0.05, 0) is 25.0 Å². The molecule has 210 valence electrons. The molecule has 0 unspecified atom stereocenters. The molecule has 0 spiro atoms. The van der Waals surface area contributed by atoms with Gasteiger partial charge in [-0.2, -0.15) is 0 Å². The number of hydrogen-bond donors (Lipinski definition) is 3. The van der Waals surface area contributed by atoms with Crippen LogP contribution in [0, 0.1) is 6.92 Å². The summed E-state index contributed by atoms with van der Waals surface area (Å²) in [5.41, 5.74) is 0.620. The fourth-order valence-electron chi connectivity index (χ4n) is 4.69. The summed E-state index contributed by atoms with van der Waals surface area (Å²) in [5, 5.41) is 16.7. The van der Waals surface area contributed by atoms with E-state index in [0.717, 1.165) is 18.7 Å². The first kappa shape index (κ1) is 27.4. The molecule has 11 nitrogen and oxygen atoms in total. The number of nitrogens with zero attached hydrogens (tertiary/aromatic N) is 1. The van der Waals surface area contributed by atoms with E-state index in [9.17, 15) is 19.5 Å². The summed E-state index contributed by atoms with van der Waals surface area (Å²) < 4.78 is 22.0. The standard InChI is InChI=1S/C29H31N3O8/c1-18-25(33)20-16-23-24(39-14-13-38-23)17-22(20)40-27(18)29(36)31-21(15-19-5-3-2-4-6-19)26(34)28(35)30-7-8-32-9-11-37-12-10-32/h2-6,13-14,16-17,21,26,34H,7-12,15H2,1H3,(H,30,35)(H,31,36)/t21-,26+/m0/s1. The summed E-state index contributed by atoms with van der Waals surface area (Å²) >= 11 is 0. The van der Waals surface area contributed by atoms with Gasteiger partial charge in [0, 0.05) is 37.8 Å². The zero-order valence-corrected chi connectivity index (χ0v) is 22.1. The highest BCUT2D eigenvalue weighted by Gasteiger charge is 2.30. The lowest BCUT2D eigenvalue weighted by molar-refractivity contribution is -0.130. The maximum Gasteiger partial charge on any atom is 0.287 e. The molecule has 1 saturated heterocycles. The van der Waals surface area contributed by atoms with Gasteiger partial charge in [0.15, 0.2) is 28.8 Å². The molecule has 2 aliphatic heterocycles. The molecule has 2 amide bonds. The second-order valence-corrected chi connectivity index (χ2v) is 9.65. The van der Waals surface area contributed by atoms with Gasteiger partial charge in [-0.1, -0.05) is 30.3 Å². The monoisotopic (exact) mass is 549 g/mol. The molecule has 3 aromatic rings. The summed E-state index contributed by atoms with van der Waals surface area (Å²) in [4.78, 5) is 41.6. The van der Waals surface area contributed by atoms with E-state index in [1.807, 2.05) is 30.3 Å². The molecule has 0 saturated carbocycles. The lowest BCUT2D eigenvalue weighted by atomic mass is 10.00. The van der Waals surface area contributed by atoms with Crippen LogP contribution < -0.4 is 25.5 Å². The highest BCUT2D eigenvalue weighted by Crippen LogP contribution is 2.34. The van der Waals surface area contributed by atoms with Gasteiger partial charge in [0.1, 0.15) is 18.1 Å². The molecular formula is C29H31N3O8. The van der Waals surface area contributed by atoms with Gasteiger partial charge in [0.05, 0.1) is 24.6 Å². The number of morpholine rings is 1. The van der Waals surface area contributed by atoms with E-state index >= 15 is 0 Å². The number of amides is 2. The molecule has 5 rings (SSSR count). The number of benzene rings is 2. The molecule has 2 atom stereocenters. The summed E-state index contributed by atoms with van der Waals surface area (Å²) in [7, 11) is 0. The third kappa shape index (κ3) is 6.17. The molecule has 2 aromatic carbocycles. The lowest BCUT2D eigenvalue weighted by Gasteiger charge is -2.27. The molecule has 3 heterocycles. The largest absolute Gasteiger partial charge is 0.458 e. The van der Waals surface area contributed by atoms with Crippen molar-refractivity contribution in [2.24, 2.45) is 0 Å². The Morgan fingerprint density at radius 1 is 1.05 bits per heavy atom. The molecular weight excluding hydrogens is 518 g/mol. The van der Waals surface area contributed by atoms with Gasteiger partial charge in [-0.3, -0.25) is 19.3 Å². The summed E-state index contributed by atoms with van der Waals surface area (Å²) in [6.45, 7) is 5.29. The number of carbonyl (C=O) groups excluding carboxylic acids is 2. The third-order valence-corrected chi connectivity index (χ3v) is 6.93. The SMILES string of the molecule is Cc1c(C(=O)N[C@@H](Cc2ccccc2)[C@@H](O)C(=O)NCCN2CCOCC2)oc2cc3c(cc2c1=O)OC=CO3. The Hall–Kier alpha value is -4.19. The first-order chi connectivity index (χ1) is 19.4. The van der Waals surface area contributed by atoms with E-state index in [-0.39, 0.29) is 28.7 Å². The molecule has 0 bridgehead atoms. The summed E-state index contributed by atoms with van der Waals surface area (Å²) in [6, 6.07) is 11.2. The van der Waals surface area contributed by atoms with E-state index in [2.05, 4.69) is 15.5 Å². The van der Waals surface area contributed by atoms with Crippen molar-refractivity contribution >= 4 is 22.8 Å². The Morgan fingerprint density at radius 3 is 2.48 bits per heavy atom. The quantitative estimate of drug-likeness (QED) is 0.362. The molecule has 1 aromatic heterocycles. The predicted molar refractivity (Wildman–Crippen MR) is 145 cm³/mol. The molecule has 2 aliphatic rings. The van der Waals surface area contributed by atoms with Crippen LogP contribution in [0.2, 0.25) is 0 Å². The lowest BCUT2D eigenvalue weighted by Crippen LogP contribution is -2.52. The Labute approximate surface area is 230 Å². The second-order valence-electron chi connectivity index (χ2n) is 9.65. The van der Waals surface area contributed by atoms with Crippen LogP contribution in [-0.2, 0) is 16.0 Å². The van der Waals surface area contributed by atoms with Crippen LogP contribution in [0.4, 0.5) is 0 Å². The smallest absolute Gasteiger partial charge is 0.287 e. The number of carbonyl (C=O) groups is 2. The molecule has 11 heteroatoms. The first-order valence-corrected chi connectivity index (χ1v) is 13.1. The number of fused-ring (bicyclic) bond motifs is 2. The molecule has 40 heavy (non-hydrogen) atoms. The van der Waals surface area contributed by atoms with Gasteiger partial charge in [0.25, 0.3) is 11.8 Å². The Morgan fingerprint density at radius 2 is 1.75 bits per heavy atom. The predicted octanol–water partition coefficient (Wildman–Crippen LogP) is 1.49. The van der Waals surface area contributed by atoms with Crippen LogP contribution in [0.15, 0.2) is 64.2 Å². The van der Waals surface area contributed by atoms with Gasteiger partial charge in [-0.25, -0.2) is 0 Å². The molecule has 3 N–H and O–H groups in total. The first-order valence-electron chi connectivity index (χ1n) is 13.1. The fourth-order valence-corrected chi connectivity index (χ4v) is 4.69. The molecule has 0 radical (unpaired) electrons. The van der Waals surface area contributed by atoms with Gasteiger partial charge in [-0.15, -0.1) is 0 Å². The fraction of sp³-hybridized carbons (Fsp3) is 0.345.